The number of primary sulfonamides is 1. The van der Waals surface area contributed by atoms with Crippen LogP contribution in [0.1, 0.15) is 80.3 Å². The number of rotatable bonds is 11. The molecule has 2 aliphatic carbocycles. The number of aliphatic hydroxyl groups excluding tert-OH is 1. The van der Waals surface area contributed by atoms with Crippen molar-refractivity contribution in [3.63, 3.8) is 0 Å². The fourth-order valence-corrected chi connectivity index (χ4v) is 9.10. The second kappa shape index (κ2) is 13.4. The highest BCUT2D eigenvalue weighted by molar-refractivity contribution is 7.89. The van der Waals surface area contributed by atoms with Crippen LogP contribution in [-0.2, 0) is 21.9 Å². The first-order valence-electron chi connectivity index (χ1n) is 15.8. The molecule has 1 aliphatic heterocycles. The summed E-state index contributed by atoms with van der Waals surface area (Å²) in [5.74, 6) is -0.199. The molecule has 0 aromatic heterocycles. The lowest BCUT2D eigenvalue weighted by Gasteiger charge is -2.45. The summed E-state index contributed by atoms with van der Waals surface area (Å²) in [6.45, 7) is 5.68. The van der Waals surface area contributed by atoms with Crippen molar-refractivity contribution in [3.8, 4) is 5.75 Å². The van der Waals surface area contributed by atoms with Gasteiger partial charge in [-0.15, -0.1) is 0 Å². The quantitative estimate of drug-likeness (QED) is 0.258. The van der Waals surface area contributed by atoms with Gasteiger partial charge in [0.1, 0.15) is 5.75 Å². The Morgan fingerprint density at radius 2 is 2.05 bits per heavy atom. The molecule has 6 atom stereocenters. The molecular formula is C34H45ClN2O6S. The molecule has 2 aromatic rings. The Hall–Kier alpha value is -2.59. The van der Waals surface area contributed by atoms with Gasteiger partial charge in [0.05, 0.1) is 29.2 Å². The van der Waals surface area contributed by atoms with Gasteiger partial charge < -0.3 is 19.8 Å². The SMILES string of the molecule is CCCC(C(C)C/C=C/C(O)[C@@H]1CC[C@H]1CN1C[C@@]2(CCCc3cc(Cl)ccc32)COc2ccc(C(=O)O)cc21)S(N)(=O)=O. The first-order chi connectivity index (χ1) is 20.9. The van der Waals surface area contributed by atoms with Gasteiger partial charge in [0, 0.05) is 23.5 Å². The third kappa shape index (κ3) is 6.96. The Morgan fingerprint density at radius 1 is 1.25 bits per heavy atom. The third-order valence-electron chi connectivity index (χ3n) is 10.1. The molecule has 5 rings (SSSR count). The van der Waals surface area contributed by atoms with Crippen LogP contribution < -0.4 is 14.8 Å². The Labute approximate surface area is 266 Å². The van der Waals surface area contributed by atoms with Gasteiger partial charge in [0.15, 0.2) is 0 Å². The zero-order valence-electron chi connectivity index (χ0n) is 25.6. The first-order valence-corrected chi connectivity index (χ1v) is 17.8. The highest BCUT2D eigenvalue weighted by Crippen LogP contribution is 2.46. The summed E-state index contributed by atoms with van der Waals surface area (Å²) in [5, 5.41) is 26.6. The number of ether oxygens (including phenoxy) is 1. The topological polar surface area (TPSA) is 130 Å². The van der Waals surface area contributed by atoms with Gasteiger partial charge in [-0.25, -0.2) is 18.4 Å². The second-order valence-electron chi connectivity index (χ2n) is 13.1. The molecule has 1 spiro atoms. The molecule has 0 radical (unpaired) electrons. The van der Waals surface area contributed by atoms with Crippen molar-refractivity contribution in [3.05, 3.63) is 70.3 Å². The molecular weight excluding hydrogens is 600 g/mol. The molecule has 0 amide bonds. The number of halogens is 1. The average Bonchev–Trinajstić information content (AvgIpc) is 3.10. The lowest BCUT2D eigenvalue weighted by molar-refractivity contribution is 0.0455. The van der Waals surface area contributed by atoms with Crippen LogP contribution in [0.2, 0.25) is 5.02 Å². The first kappa shape index (κ1) is 32.8. The number of nitrogens with two attached hydrogens (primary N) is 1. The molecule has 1 saturated carbocycles. The highest BCUT2D eigenvalue weighted by atomic mass is 35.5. The van der Waals surface area contributed by atoms with Crippen molar-refractivity contribution >= 4 is 33.3 Å². The van der Waals surface area contributed by atoms with E-state index in [0.29, 0.717) is 38.3 Å². The Balaban J connectivity index is 1.36. The number of sulfonamides is 1. The van der Waals surface area contributed by atoms with E-state index in [0.717, 1.165) is 49.2 Å². The number of nitrogens with zero attached hydrogens (tertiary/aromatic N) is 1. The van der Waals surface area contributed by atoms with Crippen LogP contribution >= 0.6 is 11.6 Å². The van der Waals surface area contributed by atoms with E-state index in [2.05, 4.69) is 17.0 Å². The van der Waals surface area contributed by atoms with Gasteiger partial charge in [0.2, 0.25) is 10.0 Å². The maximum atomic E-state index is 12.1. The summed E-state index contributed by atoms with van der Waals surface area (Å²) in [7, 11) is -3.64. The third-order valence-corrected chi connectivity index (χ3v) is 11.9. The Kier molecular flexibility index (Phi) is 10.00. The molecule has 3 unspecified atom stereocenters. The normalized spacial score (nSPS) is 25.3. The lowest BCUT2D eigenvalue weighted by Crippen LogP contribution is -2.49. The molecule has 2 aromatic carbocycles. The molecule has 0 saturated heterocycles. The van der Waals surface area contributed by atoms with Crippen molar-refractivity contribution in [1.29, 1.82) is 0 Å². The van der Waals surface area contributed by atoms with Crippen molar-refractivity contribution in [2.24, 2.45) is 22.9 Å². The van der Waals surface area contributed by atoms with E-state index >= 15 is 0 Å². The fraction of sp³-hybridized carbons (Fsp3) is 0.559. The number of carboxylic acids is 1. The van der Waals surface area contributed by atoms with Gasteiger partial charge in [-0.05, 0) is 104 Å². The lowest BCUT2D eigenvalue weighted by atomic mass is 9.68. The number of benzene rings is 2. The van der Waals surface area contributed by atoms with Crippen LogP contribution in [0.3, 0.4) is 0 Å². The van der Waals surface area contributed by atoms with Crippen molar-refractivity contribution in [1.82, 2.24) is 0 Å². The maximum Gasteiger partial charge on any atom is 0.335 e. The standard InChI is InChI=1S/C34H45ClN2O6S/c1-3-6-32(44(36,41)42)22(2)7-4-9-30(38)27-13-10-25(27)19-37-20-34(16-5-8-23-17-26(35)12-14-28(23)34)21-43-31-15-11-24(33(39)40)18-29(31)37/h4,9,11-12,14-15,17-18,22,25,27,30,32,38H,3,5-8,10,13,16,19-21H2,1-2H3,(H,39,40)(H2,36,41,42)/b9-4+/t22?,25-,27+,30?,32?,34-/m0/s1. The molecule has 4 N–H and O–H groups in total. The molecule has 240 valence electrons. The number of carbonyl (C=O) groups is 1. The van der Waals surface area contributed by atoms with E-state index in [1.165, 1.54) is 11.1 Å². The van der Waals surface area contributed by atoms with Crippen LogP contribution in [0.15, 0.2) is 48.6 Å². The maximum absolute atomic E-state index is 12.1. The van der Waals surface area contributed by atoms with Crippen LogP contribution in [0, 0.1) is 17.8 Å². The van der Waals surface area contributed by atoms with Gasteiger partial charge in [-0.1, -0.05) is 50.1 Å². The average molecular weight is 645 g/mol. The van der Waals surface area contributed by atoms with Crippen LogP contribution in [-0.4, -0.2) is 55.7 Å². The fourth-order valence-electron chi connectivity index (χ4n) is 7.59. The van der Waals surface area contributed by atoms with Crippen molar-refractivity contribution in [2.75, 3.05) is 24.6 Å². The number of hydrogen-bond donors (Lipinski definition) is 3. The zero-order chi connectivity index (χ0) is 31.6. The minimum Gasteiger partial charge on any atom is -0.490 e. The highest BCUT2D eigenvalue weighted by Gasteiger charge is 2.44. The molecule has 10 heteroatoms. The van der Waals surface area contributed by atoms with Crippen LogP contribution in [0.4, 0.5) is 5.69 Å². The predicted octanol–water partition coefficient (Wildman–Crippen LogP) is 5.94. The number of allylic oxidation sites excluding steroid dienone is 1. The van der Waals surface area contributed by atoms with Crippen molar-refractivity contribution in [2.45, 2.75) is 82.0 Å². The number of hydrogen-bond acceptors (Lipinski definition) is 6. The molecule has 1 fully saturated rings. The van der Waals surface area contributed by atoms with Crippen LogP contribution in [0.25, 0.3) is 0 Å². The Bertz CT molecular complexity index is 1500. The smallest absolute Gasteiger partial charge is 0.335 e. The molecule has 3 aliphatic rings. The summed E-state index contributed by atoms with van der Waals surface area (Å²) in [4.78, 5) is 14.2. The monoisotopic (exact) mass is 644 g/mol. The largest absolute Gasteiger partial charge is 0.490 e. The minimum atomic E-state index is -3.64. The molecule has 44 heavy (non-hydrogen) atoms. The van der Waals surface area contributed by atoms with E-state index in [9.17, 15) is 23.4 Å². The van der Waals surface area contributed by atoms with Gasteiger partial charge in [-0.2, -0.15) is 0 Å². The van der Waals surface area contributed by atoms with Gasteiger partial charge in [-0.3, -0.25) is 0 Å². The molecule has 8 nitrogen and oxygen atoms in total. The van der Waals surface area contributed by atoms with E-state index in [1.807, 2.05) is 32.1 Å². The molecule has 0 bridgehead atoms. The number of fused-ring (bicyclic) bond motifs is 3. The van der Waals surface area contributed by atoms with Gasteiger partial charge >= 0.3 is 5.97 Å². The second-order valence-corrected chi connectivity index (χ2v) is 15.4. The van der Waals surface area contributed by atoms with Crippen molar-refractivity contribution < 1.29 is 28.2 Å². The number of carboxylic acid groups (broad SMARTS) is 1. The minimum absolute atomic E-state index is 0.0508. The predicted molar refractivity (Wildman–Crippen MR) is 174 cm³/mol. The summed E-state index contributed by atoms with van der Waals surface area (Å²) < 4.78 is 30.6. The number of aryl methyl sites for hydroxylation is 1. The van der Waals surface area contributed by atoms with E-state index in [4.69, 9.17) is 21.5 Å². The van der Waals surface area contributed by atoms with Crippen LogP contribution in [0.5, 0.6) is 5.75 Å². The molecule has 1 heterocycles. The van der Waals surface area contributed by atoms with Gasteiger partial charge in [0.25, 0.3) is 0 Å². The number of aliphatic hydroxyl groups is 1. The van der Waals surface area contributed by atoms with E-state index in [1.54, 1.807) is 18.2 Å². The summed E-state index contributed by atoms with van der Waals surface area (Å²) >= 11 is 6.37. The number of anilines is 1. The number of aromatic carboxylic acids is 1. The van der Waals surface area contributed by atoms with E-state index in [-0.39, 0.29) is 28.7 Å². The van der Waals surface area contributed by atoms with E-state index < -0.39 is 27.3 Å². The summed E-state index contributed by atoms with van der Waals surface area (Å²) in [5.41, 5.74) is 3.20. The summed E-state index contributed by atoms with van der Waals surface area (Å²) in [6, 6.07) is 11.2. The summed E-state index contributed by atoms with van der Waals surface area (Å²) in [6.07, 6.45) is 9.61. The zero-order valence-corrected chi connectivity index (χ0v) is 27.2. The Morgan fingerprint density at radius 3 is 2.73 bits per heavy atom.